The number of carbonyl (C=O) groups is 1. The van der Waals surface area contributed by atoms with Crippen molar-refractivity contribution in [2.24, 2.45) is 5.92 Å². The van der Waals surface area contributed by atoms with E-state index in [1.54, 1.807) is 0 Å². The number of hydrogen-bond acceptors (Lipinski definition) is 1. The summed E-state index contributed by atoms with van der Waals surface area (Å²) in [7, 11) is 0. The lowest BCUT2D eigenvalue weighted by Gasteiger charge is -2.21. The largest absolute Gasteiger partial charge is 0.294 e. The van der Waals surface area contributed by atoms with Crippen molar-refractivity contribution in [3.8, 4) is 44.5 Å². The van der Waals surface area contributed by atoms with Crippen molar-refractivity contribution in [2.45, 2.75) is 101 Å². The average molecular weight is 731 g/mol. The Bertz CT molecular complexity index is 2670. The van der Waals surface area contributed by atoms with Crippen molar-refractivity contribution in [1.29, 1.82) is 0 Å². The average Bonchev–Trinajstić information content (AvgIpc) is 3.48. The maximum atomic E-state index is 15.4. The minimum Gasteiger partial charge on any atom is -0.294 e. The fraction of sp³-hybridized carbons (Fsp3) is 0.291. The lowest BCUT2D eigenvalue weighted by molar-refractivity contribution is 0.0931. The van der Waals surface area contributed by atoms with Crippen molar-refractivity contribution in [3.63, 3.8) is 0 Å². The molecule has 6 aromatic carbocycles. The van der Waals surface area contributed by atoms with E-state index >= 15 is 4.79 Å². The van der Waals surface area contributed by atoms with Crippen LogP contribution in [0.3, 0.4) is 0 Å². The van der Waals surface area contributed by atoms with Gasteiger partial charge in [-0.2, -0.15) is 0 Å². The monoisotopic (exact) mass is 730 g/mol. The third-order valence-corrected chi connectivity index (χ3v) is 13.0. The van der Waals surface area contributed by atoms with E-state index in [-0.39, 0.29) is 11.8 Å². The van der Waals surface area contributed by atoms with Gasteiger partial charge in [0.15, 0.2) is 5.78 Å². The second kappa shape index (κ2) is 13.2. The van der Waals surface area contributed by atoms with Gasteiger partial charge in [-0.25, -0.2) is 0 Å². The van der Waals surface area contributed by atoms with Crippen LogP contribution in [0.4, 0.5) is 0 Å². The second-order valence-corrected chi connectivity index (χ2v) is 18.0. The third-order valence-electron chi connectivity index (χ3n) is 13.0. The van der Waals surface area contributed by atoms with Gasteiger partial charge in [-0.3, -0.25) is 4.79 Å². The molecule has 56 heavy (non-hydrogen) atoms. The lowest BCUT2D eigenvalue weighted by Crippen LogP contribution is -2.11. The molecule has 1 heteroatoms. The van der Waals surface area contributed by atoms with Crippen LogP contribution < -0.4 is 0 Å². The Balaban J connectivity index is 1.23. The van der Waals surface area contributed by atoms with Crippen LogP contribution in [0.15, 0.2) is 78.4 Å². The fourth-order valence-corrected chi connectivity index (χ4v) is 11.1. The number of allylic oxidation sites excluding steroid dienone is 1. The van der Waals surface area contributed by atoms with Gasteiger partial charge in [-0.05, 0) is 179 Å². The van der Waals surface area contributed by atoms with Crippen LogP contribution in [0.5, 0.6) is 0 Å². The fourth-order valence-electron chi connectivity index (χ4n) is 11.1. The molecular formula is C55H54O. The van der Waals surface area contributed by atoms with E-state index < -0.39 is 0 Å². The lowest BCUT2D eigenvalue weighted by atomic mass is 9.82. The van der Waals surface area contributed by atoms with Gasteiger partial charge in [0.1, 0.15) is 0 Å². The third kappa shape index (κ3) is 5.94. The highest BCUT2D eigenvalue weighted by Gasteiger charge is 2.47. The molecule has 0 heterocycles. The molecule has 0 fully saturated rings. The Morgan fingerprint density at radius 1 is 0.446 bits per heavy atom. The predicted octanol–water partition coefficient (Wildman–Crippen LogP) is 14.3. The van der Waals surface area contributed by atoms with E-state index in [1.165, 1.54) is 128 Å². The first-order valence-corrected chi connectivity index (χ1v) is 20.6. The molecule has 3 aliphatic rings. The standard InChI is InChI=1S/C55H54O/c1-28-12-29(2)17-39(16-28)48-37(10)38(11)49(40-18-30(3)13-31(4)19-40)54-46(48)26-43(55(54)56)27-47-52-50(41-20-32(5)14-33(6)21-41)44-24-36(9)25-45(44)51(53(47)52)42-22-34(7)15-35(8)23-42/h12-24,43,47H,25-27H2,1-11H3. The van der Waals surface area contributed by atoms with Crippen LogP contribution >= 0.6 is 0 Å². The summed E-state index contributed by atoms with van der Waals surface area (Å²) >= 11 is 0. The molecular weight excluding hydrogens is 677 g/mol. The van der Waals surface area contributed by atoms with Gasteiger partial charge in [0.05, 0.1) is 0 Å². The van der Waals surface area contributed by atoms with Crippen molar-refractivity contribution in [2.75, 3.05) is 0 Å². The first-order valence-electron chi connectivity index (χ1n) is 20.6. The summed E-state index contributed by atoms with van der Waals surface area (Å²) in [6, 6.07) is 27.8. The van der Waals surface area contributed by atoms with Crippen molar-refractivity contribution in [3.05, 3.63) is 167 Å². The highest BCUT2D eigenvalue weighted by atomic mass is 16.1. The van der Waals surface area contributed by atoms with Crippen LogP contribution in [-0.4, -0.2) is 5.78 Å². The Labute approximate surface area is 334 Å². The summed E-state index contributed by atoms with van der Waals surface area (Å²) in [5.41, 5.74) is 32.4. The molecule has 0 spiro atoms. The predicted molar refractivity (Wildman–Crippen MR) is 237 cm³/mol. The van der Waals surface area contributed by atoms with Gasteiger partial charge in [0.25, 0.3) is 0 Å². The maximum absolute atomic E-state index is 15.4. The van der Waals surface area contributed by atoms with E-state index in [4.69, 9.17) is 0 Å². The zero-order valence-electron chi connectivity index (χ0n) is 35.2. The quantitative estimate of drug-likeness (QED) is 0.167. The Morgan fingerprint density at radius 3 is 1.32 bits per heavy atom. The molecule has 0 aromatic heterocycles. The van der Waals surface area contributed by atoms with Crippen LogP contribution in [0.2, 0.25) is 0 Å². The Morgan fingerprint density at radius 2 is 0.839 bits per heavy atom. The van der Waals surface area contributed by atoms with Crippen molar-refractivity contribution < 1.29 is 4.79 Å². The molecule has 0 aliphatic heterocycles. The van der Waals surface area contributed by atoms with Gasteiger partial charge < -0.3 is 0 Å². The number of Topliss-reactive ketones (excluding diaryl/α,β-unsaturated/α-hetero) is 1. The number of carbonyl (C=O) groups excluding carboxylic acids is 1. The van der Waals surface area contributed by atoms with Gasteiger partial charge in [-0.1, -0.05) is 129 Å². The molecule has 2 atom stereocenters. The van der Waals surface area contributed by atoms with Gasteiger partial charge in [0, 0.05) is 17.4 Å². The molecule has 0 radical (unpaired) electrons. The molecule has 3 aliphatic carbocycles. The first-order chi connectivity index (χ1) is 26.7. The number of rotatable bonds is 6. The molecule has 0 N–H and O–H groups in total. The summed E-state index contributed by atoms with van der Waals surface area (Å²) in [6.07, 6.45) is 5.04. The van der Waals surface area contributed by atoms with E-state index in [0.29, 0.717) is 5.78 Å². The molecule has 0 saturated carbocycles. The second-order valence-electron chi connectivity index (χ2n) is 18.0. The summed E-state index contributed by atoms with van der Waals surface area (Å²) in [4.78, 5) is 15.4. The zero-order valence-corrected chi connectivity index (χ0v) is 35.2. The summed E-state index contributed by atoms with van der Waals surface area (Å²) in [6.45, 7) is 24.4. The molecule has 2 unspecified atom stereocenters. The number of ketones is 1. The number of aryl methyl sites for hydroxylation is 8. The van der Waals surface area contributed by atoms with Gasteiger partial charge in [-0.15, -0.1) is 0 Å². The molecule has 6 aromatic rings. The van der Waals surface area contributed by atoms with E-state index in [1.807, 2.05) is 0 Å². The van der Waals surface area contributed by atoms with Gasteiger partial charge in [0.2, 0.25) is 0 Å². The highest BCUT2D eigenvalue weighted by Crippen LogP contribution is 2.62. The number of benzene rings is 6. The molecule has 9 rings (SSSR count). The number of fused-ring (bicyclic) bond motifs is 3. The minimum absolute atomic E-state index is 0.0933. The minimum atomic E-state index is -0.0933. The smallest absolute Gasteiger partial charge is 0.167 e. The van der Waals surface area contributed by atoms with Crippen LogP contribution in [0.1, 0.15) is 113 Å². The maximum Gasteiger partial charge on any atom is 0.167 e. The first kappa shape index (κ1) is 36.4. The number of hydrogen-bond donors (Lipinski definition) is 0. The van der Waals surface area contributed by atoms with Crippen LogP contribution in [0, 0.1) is 75.2 Å². The SMILES string of the molecule is CC1=Cc2c(c(-c3cc(C)cc(C)c3)c3c(c2-c2cc(C)cc(C)c2)C3CC2Cc3c(c(-c4cc(C)cc(C)c4)c(C)c(C)c3-c3cc(C)cc(C)c3)C2=O)C1. The van der Waals surface area contributed by atoms with Gasteiger partial charge >= 0.3 is 0 Å². The summed E-state index contributed by atoms with van der Waals surface area (Å²) in [5.74, 6) is 0.467. The van der Waals surface area contributed by atoms with Crippen molar-refractivity contribution >= 4 is 11.9 Å². The molecule has 0 saturated heterocycles. The van der Waals surface area contributed by atoms with E-state index in [2.05, 4.69) is 155 Å². The topological polar surface area (TPSA) is 17.1 Å². The summed E-state index contributed by atoms with van der Waals surface area (Å²) in [5, 5.41) is 0. The van der Waals surface area contributed by atoms with E-state index in [9.17, 15) is 0 Å². The van der Waals surface area contributed by atoms with E-state index in [0.717, 1.165) is 30.4 Å². The highest BCUT2D eigenvalue weighted by molar-refractivity contribution is 6.11. The molecule has 1 nitrogen and oxygen atoms in total. The van der Waals surface area contributed by atoms with Crippen LogP contribution in [-0.2, 0) is 12.8 Å². The Hall–Kier alpha value is -5.27. The summed E-state index contributed by atoms with van der Waals surface area (Å²) < 4.78 is 0. The molecule has 280 valence electrons. The zero-order chi connectivity index (χ0) is 39.5. The van der Waals surface area contributed by atoms with Crippen molar-refractivity contribution in [1.82, 2.24) is 0 Å². The molecule has 0 amide bonds. The van der Waals surface area contributed by atoms with Crippen LogP contribution in [0.25, 0.3) is 50.6 Å². The molecule has 0 bridgehead atoms. The normalized spacial score (nSPS) is 16.6. The Kier molecular flexibility index (Phi) is 8.55.